The lowest BCUT2D eigenvalue weighted by molar-refractivity contribution is 0.149. The molecule has 0 bridgehead atoms. The molecule has 0 N–H and O–H groups in total. The van der Waals surface area contributed by atoms with E-state index in [4.69, 9.17) is 5.26 Å². The molecular formula is C7H2F3IN2. The van der Waals surface area contributed by atoms with Crippen molar-refractivity contribution in [3.05, 3.63) is 26.8 Å². The number of pyridine rings is 1. The molecule has 1 heterocycles. The van der Waals surface area contributed by atoms with Crippen LogP contribution in [0.1, 0.15) is 17.7 Å². The Labute approximate surface area is 85.5 Å². The molecule has 1 rings (SSSR count). The van der Waals surface area contributed by atoms with Gasteiger partial charge in [0.1, 0.15) is 9.77 Å². The highest BCUT2D eigenvalue weighted by Gasteiger charge is 2.16. The van der Waals surface area contributed by atoms with Gasteiger partial charge in [0.15, 0.2) is 11.5 Å². The number of aromatic nitrogens is 1. The van der Waals surface area contributed by atoms with Crippen LogP contribution in [-0.4, -0.2) is 4.98 Å². The lowest BCUT2D eigenvalue weighted by atomic mass is 10.2. The average molecular weight is 298 g/mol. The van der Waals surface area contributed by atoms with Crippen LogP contribution in [0.2, 0.25) is 0 Å². The maximum atomic E-state index is 12.8. The zero-order valence-corrected chi connectivity index (χ0v) is 8.22. The van der Waals surface area contributed by atoms with E-state index in [-0.39, 0.29) is 3.70 Å². The van der Waals surface area contributed by atoms with Gasteiger partial charge in [-0.1, -0.05) is 0 Å². The summed E-state index contributed by atoms with van der Waals surface area (Å²) in [5.41, 5.74) is -0.953. The molecule has 1 aromatic rings. The van der Waals surface area contributed by atoms with Crippen molar-refractivity contribution in [2.75, 3.05) is 0 Å². The van der Waals surface area contributed by atoms with Crippen molar-refractivity contribution in [1.29, 1.82) is 5.26 Å². The first kappa shape index (κ1) is 10.2. The second kappa shape index (κ2) is 3.91. The van der Waals surface area contributed by atoms with E-state index in [1.165, 1.54) is 28.7 Å². The maximum Gasteiger partial charge on any atom is 0.266 e. The Morgan fingerprint density at radius 2 is 2.15 bits per heavy atom. The molecule has 1 aromatic heterocycles. The quantitative estimate of drug-likeness (QED) is 0.590. The summed E-state index contributed by atoms with van der Waals surface area (Å²) in [4.78, 5) is 3.38. The molecule has 0 aliphatic carbocycles. The lowest BCUT2D eigenvalue weighted by Gasteiger charge is -2.02. The zero-order chi connectivity index (χ0) is 10.0. The molecule has 68 valence electrons. The molecule has 0 radical (unpaired) electrons. The molecule has 2 nitrogen and oxygen atoms in total. The first-order valence-corrected chi connectivity index (χ1v) is 4.18. The van der Waals surface area contributed by atoms with Crippen molar-refractivity contribution in [2.45, 2.75) is 6.43 Å². The molecule has 6 heteroatoms. The van der Waals surface area contributed by atoms with E-state index < -0.39 is 23.5 Å². The summed E-state index contributed by atoms with van der Waals surface area (Å²) in [5, 5.41) is 8.33. The number of alkyl halides is 2. The van der Waals surface area contributed by atoms with E-state index in [0.717, 1.165) is 0 Å². The fourth-order valence-corrected chi connectivity index (χ4v) is 1.34. The van der Waals surface area contributed by atoms with Crippen LogP contribution in [0.15, 0.2) is 6.07 Å². The van der Waals surface area contributed by atoms with Crippen LogP contribution < -0.4 is 0 Å². The minimum Gasteiger partial charge on any atom is -0.228 e. The van der Waals surface area contributed by atoms with Crippen LogP contribution in [-0.2, 0) is 0 Å². The van der Waals surface area contributed by atoms with Crippen molar-refractivity contribution in [2.24, 2.45) is 0 Å². The van der Waals surface area contributed by atoms with Crippen LogP contribution in [0.5, 0.6) is 0 Å². The molecule has 0 spiro atoms. The number of nitriles is 1. The van der Waals surface area contributed by atoms with Crippen molar-refractivity contribution in [3.63, 3.8) is 0 Å². The SMILES string of the molecule is N#Cc1nc(I)c(C(F)F)cc1F. The van der Waals surface area contributed by atoms with Gasteiger partial charge in [-0.15, -0.1) is 0 Å². The minimum absolute atomic E-state index is 0.0504. The van der Waals surface area contributed by atoms with Gasteiger partial charge in [0.2, 0.25) is 0 Å². The summed E-state index contributed by atoms with van der Waals surface area (Å²) >= 11 is 1.53. The smallest absolute Gasteiger partial charge is 0.228 e. The first-order valence-electron chi connectivity index (χ1n) is 3.10. The summed E-state index contributed by atoms with van der Waals surface area (Å²) < 4.78 is 37.0. The van der Waals surface area contributed by atoms with Gasteiger partial charge in [0.25, 0.3) is 6.43 Å². The van der Waals surface area contributed by atoms with Crippen LogP contribution in [0.4, 0.5) is 13.2 Å². The van der Waals surface area contributed by atoms with Gasteiger partial charge < -0.3 is 0 Å². The topological polar surface area (TPSA) is 36.7 Å². The molecule has 0 aliphatic rings. The van der Waals surface area contributed by atoms with Crippen LogP contribution in [0, 0.1) is 20.8 Å². The molecule has 0 fully saturated rings. The molecule has 0 atom stereocenters. The molecule has 0 aromatic carbocycles. The molecule has 13 heavy (non-hydrogen) atoms. The Hall–Kier alpha value is -0.840. The summed E-state index contributed by atoms with van der Waals surface area (Å²) in [6.07, 6.45) is -2.78. The van der Waals surface area contributed by atoms with Crippen LogP contribution in [0.25, 0.3) is 0 Å². The lowest BCUT2D eigenvalue weighted by Crippen LogP contribution is -1.99. The number of rotatable bonds is 1. The molecule has 0 saturated carbocycles. The molecular weight excluding hydrogens is 296 g/mol. The molecule has 0 saturated heterocycles. The number of hydrogen-bond acceptors (Lipinski definition) is 2. The van der Waals surface area contributed by atoms with Crippen molar-refractivity contribution >= 4 is 22.6 Å². The minimum atomic E-state index is -2.78. The maximum absolute atomic E-state index is 12.8. The Bertz CT molecular complexity index is 373. The van der Waals surface area contributed by atoms with Crippen molar-refractivity contribution in [3.8, 4) is 6.07 Å². The highest BCUT2D eigenvalue weighted by atomic mass is 127. The van der Waals surface area contributed by atoms with Crippen molar-refractivity contribution in [1.82, 2.24) is 4.98 Å². The number of hydrogen-bond donors (Lipinski definition) is 0. The third-order valence-corrected chi connectivity index (χ3v) is 2.16. The Balaban J connectivity index is 3.31. The van der Waals surface area contributed by atoms with E-state index >= 15 is 0 Å². The second-order valence-corrected chi connectivity index (χ2v) is 3.13. The van der Waals surface area contributed by atoms with E-state index in [2.05, 4.69) is 4.98 Å². The van der Waals surface area contributed by atoms with Gasteiger partial charge in [-0.3, -0.25) is 0 Å². The predicted octanol–water partition coefficient (Wildman–Crippen LogP) is 2.63. The van der Waals surface area contributed by atoms with E-state index in [0.29, 0.717) is 6.07 Å². The summed E-state index contributed by atoms with van der Waals surface area (Å²) in [7, 11) is 0. The van der Waals surface area contributed by atoms with Crippen LogP contribution >= 0.6 is 22.6 Å². The van der Waals surface area contributed by atoms with Crippen LogP contribution in [0.3, 0.4) is 0 Å². The van der Waals surface area contributed by atoms with Gasteiger partial charge in [-0.25, -0.2) is 18.2 Å². The van der Waals surface area contributed by atoms with Gasteiger partial charge in [0, 0.05) is 0 Å². The summed E-state index contributed by atoms with van der Waals surface area (Å²) in [6.45, 7) is 0. The second-order valence-electron chi connectivity index (χ2n) is 2.11. The highest BCUT2D eigenvalue weighted by molar-refractivity contribution is 14.1. The molecule has 0 aliphatic heterocycles. The number of nitrogens with zero attached hydrogens (tertiary/aromatic N) is 2. The Morgan fingerprint density at radius 1 is 1.54 bits per heavy atom. The molecule has 0 unspecified atom stereocenters. The summed E-state index contributed by atoms with van der Waals surface area (Å²) in [5.74, 6) is -1.02. The fourth-order valence-electron chi connectivity index (χ4n) is 0.712. The highest BCUT2D eigenvalue weighted by Crippen LogP contribution is 2.24. The van der Waals surface area contributed by atoms with Gasteiger partial charge in [0.05, 0.1) is 5.56 Å². The largest absolute Gasteiger partial charge is 0.266 e. The standard InChI is InChI=1S/C7H2F3IN2/c8-4-1-3(6(9)10)7(11)13-5(4)2-12/h1,6H. The normalized spacial score (nSPS) is 10.2. The van der Waals surface area contributed by atoms with Gasteiger partial charge in [-0.2, -0.15) is 5.26 Å². The van der Waals surface area contributed by atoms with E-state index in [1.807, 2.05) is 0 Å². The van der Waals surface area contributed by atoms with E-state index in [9.17, 15) is 13.2 Å². The van der Waals surface area contributed by atoms with Gasteiger partial charge >= 0.3 is 0 Å². The monoisotopic (exact) mass is 298 g/mol. The van der Waals surface area contributed by atoms with Gasteiger partial charge in [-0.05, 0) is 28.7 Å². The zero-order valence-electron chi connectivity index (χ0n) is 6.06. The number of halogens is 4. The third kappa shape index (κ3) is 2.09. The average Bonchev–Trinajstić information content (AvgIpc) is 2.07. The summed E-state index contributed by atoms with van der Waals surface area (Å²) in [6, 6.07) is 2.10. The Morgan fingerprint density at radius 3 is 2.62 bits per heavy atom. The third-order valence-electron chi connectivity index (χ3n) is 1.30. The first-order chi connectivity index (χ1) is 6.06. The Kier molecular flexibility index (Phi) is 3.08. The fraction of sp³-hybridized carbons (Fsp3) is 0.143. The molecule has 0 amide bonds. The van der Waals surface area contributed by atoms with E-state index in [1.54, 1.807) is 0 Å². The predicted molar refractivity (Wildman–Crippen MR) is 46.6 cm³/mol. The van der Waals surface area contributed by atoms with Crippen molar-refractivity contribution < 1.29 is 13.2 Å².